The molecule has 1 rings (SSSR count). The van der Waals surface area contributed by atoms with Crippen LogP contribution in [-0.4, -0.2) is 28.2 Å². The largest absolute Gasteiger partial charge is 0.480 e. The molecule has 0 fully saturated rings. The van der Waals surface area contributed by atoms with Crippen molar-refractivity contribution in [1.29, 1.82) is 0 Å². The Bertz CT molecular complexity index is 391. The third-order valence-electron chi connectivity index (χ3n) is 2.45. The summed E-state index contributed by atoms with van der Waals surface area (Å²) in [5.41, 5.74) is 0.541. The average Bonchev–Trinajstić information content (AvgIpc) is 2.30. The van der Waals surface area contributed by atoms with E-state index in [-0.39, 0.29) is 0 Å². The smallest absolute Gasteiger partial charge is 0.325 e. The monoisotopic (exact) mass is 237 g/mol. The molecule has 0 aromatic heterocycles. The molecular formula is C12H15NO4. The van der Waals surface area contributed by atoms with Crippen LogP contribution in [0, 0.1) is 0 Å². The summed E-state index contributed by atoms with van der Waals surface area (Å²) in [5, 5.41) is 20.6. The fraction of sp³-hybridized carbons (Fsp3) is 0.333. The molecular weight excluding hydrogens is 222 g/mol. The summed E-state index contributed by atoms with van der Waals surface area (Å²) in [5.74, 6) is -2.13. The van der Waals surface area contributed by atoms with Gasteiger partial charge >= 0.3 is 11.9 Å². The van der Waals surface area contributed by atoms with Crippen molar-refractivity contribution in [2.24, 2.45) is 0 Å². The summed E-state index contributed by atoms with van der Waals surface area (Å²) in [7, 11) is 0. The van der Waals surface area contributed by atoms with Gasteiger partial charge in [-0.1, -0.05) is 37.3 Å². The molecule has 92 valence electrons. The molecule has 1 aromatic carbocycles. The fourth-order valence-corrected chi connectivity index (χ4v) is 1.52. The SMILES string of the molecule is CCC(NC(C(=O)O)c1ccccc1)C(=O)O. The molecule has 0 aliphatic carbocycles. The average molecular weight is 237 g/mol. The minimum Gasteiger partial charge on any atom is -0.480 e. The van der Waals surface area contributed by atoms with Crippen molar-refractivity contribution in [3.8, 4) is 0 Å². The quantitative estimate of drug-likeness (QED) is 0.693. The molecule has 1 aromatic rings. The number of hydrogen-bond donors (Lipinski definition) is 3. The maximum Gasteiger partial charge on any atom is 0.325 e. The van der Waals surface area contributed by atoms with Gasteiger partial charge in [0, 0.05) is 0 Å². The van der Waals surface area contributed by atoms with Crippen molar-refractivity contribution in [2.75, 3.05) is 0 Å². The first-order chi connectivity index (χ1) is 8.06. The lowest BCUT2D eigenvalue weighted by Gasteiger charge is -2.19. The van der Waals surface area contributed by atoms with Gasteiger partial charge in [0.05, 0.1) is 0 Å². The highest BCUT2D eigenvalue weighted by atomic mass is 16.4. The van der Waals surface area contributed by atoms with Crippen LogP contribution in [0.4, 0.5) is 0 Å². The summed E-state index contributed by atoms with van der Waals surface area (Å²) in [6, 6.07) is 6.65. The first-order valence-corrected chi connectivity index (χ1v) is 5.32. The van der Waals surface area contributed by atoms with Gasteiger partial charge in [-0.05, 0) is 12.0 Å². The number of rotatable bonds is 6. The molecule has 0 saturated carbocycles. The van der Waals surface area contributed by atoms with Gasteiger partial charge in [0.1, 0.15) is 12.1 Å². The van der Waals surface area contributed by atoms with Gasteiger partial charge in [-0.2, -0.15) is 0 Å². The van der Waals surface area contributed by atoms with E-state index in [4.69, 9.17) is 10.2 Å². The molecule has 0 bridgehead atoms. The number of nitrogens with one attached hydrogen (secondary N) is 1. The normalized spacial score (nSPS) is 13.9. The van der Waals surface area contributed by atoms with Crippen LogP contribution < -0.4 is 5.32 Å². The molecule has 0 amide bonds. The highest BCUT2D eigenvalue weighted by molar-refractivity contribution is 5.78. The number of carboxylic acids is 2. The van der Waals surface area contributed by atoms with E-state index in [2.05, 4.69) is 5.32 Å². The van der Waals surface area contributed by atoms with Crippen molar-refractivity contribution >= 4 is 11.9 Å². The maximum absolute atomic E-state index is 11.1. The highest BCUT2D eigenvalue weighted by Crippen LogP contribution is 2.14. The van der Waals surface area contributed by atoms with Crippen molar-refractivity contribution < 1.29 is 19.8 Å². The molecule has 5 nitrogen and oxygen atoms in total. The number of carbonyl (C=O) groups is 2. The third kappa shape index (κ3) is 3.57. The van der Waals surface area contributed by atoms with Gasteiger partial charge in [0.2, 0.25) is 0 Å². The van der Waals surface area contributed by atoms with E-state index in [1.807, 2.05) is 0 Å². The number of aliphatic carboxylic acids is 2. The topological polar surface area (TPSA) is 86.6 Å². The van der Waals surface area contributed by atoms with Gasteiger partial charge in [-0.15, -0.1) is 0 Å². The molecule has 0 aliphatic heterocycles. The second-order valence-electron chi connectivity index (χ2n) is 3.65. The van der Waals surface area contributed by atoms with Gasteiger partial charge in [-0.3, -0.25) is 14.9 Å². The van der Waals surface area contributed by atoms with E-state index < -0.39 is 24.0 Å². The Hall–Kier alpha value is -1.88. The second-order valence-corrected chi connectivity index (χ2v) is 3.65. The van der Waals surface area contributed by atoms with E-state index in [0.717, 1.165) is 0 Å². The van der Waals surface area contributed by atoms with Gasteiger partial charge in [0.25, 0.3) is 0 Å². The van der Waals surface area contributed by atoms with E-state index in [9.17, 15) is 9.59 Å². The minimum atomic E-state index is -1.09. The number of carboxylic acid groups (broad SMARTS) is 2. The molecule has 0 spiro atoms. The van der Waals surface area contributed by atoms with Crippen molar-refractivity contribution in [1.82, 2.24) is 5.32 Å². The molecule has 2 atom stereocenters. The van der Waals surface area contributed by atoms with Gasteiger partial charge in [0.15, 0.2) is 0 Å². The fourth-order valence-electron chi connectivity index (χ4n) is 1.52. The summed E-state index contributed by atoms with van der Waals surface area (Å²) >= 11 is 0. The van der Waals surface area contributed by atoms with Gasteiger partial charge in [-0.25, -0.2) is 0 Å². The van der Waals surface area contributed by atoms with E-state index >= 15 is 0 Å². The van der Waals surface area contributed by atoms with Crippen LogP contribution in [0.25, 0.3) is 0 Å². The predicted molar refractivity (Wildman–Crippen MR) is 61.7 cm³/mol. The maximum atomic E-state index is 11.1. The lowest BCUT2D eigenvalue weighted by atomic mass is 10.1. The first-order valence-electron chi connectivity index (χ1n) is 5.32. The highest BCUT2D eigenvalue weighted by Gasteiger charge is 2.25. The Labute approximate surface area is 99.1 Å². The summed E-state index contributed by atoms with van der Waals surface area (Å²) < 4.78 is 0. The number of hydrogen-bond acceptors (Lipinski definition) is 3. The van der Waals surface area contributed by atoms with Crippen molar-refractivity contribution in [3.63, 3.8) is 0 Å². The van der Waals surface area contributed by atoms with Crippen LogP contribution in [0.3, 0.4) is 0 Å². The van der Waals surface area contributed by atoms with Crippen LogP contribution in [0.1, 0.15) is 24.9 Å². The lowest BCUT2D eigenvalue weighted by molar-refractivity contribution is -0.142. The molecule has 5 heteroatoms. The zero-order chi connectivity index (χ0) is 12.8. The zero-order valence-electron chi connectivity index (χ0n) is 9.46. The minimum absolute atomic E-state index is 0.325. The Morgan fingerprint density at radius 2 is 1.76 bits per heavy atom. The number of benzene rings is 1. The summed E-state index contributed by atoms with van der Waals surface area (Å²) in [6.07, 6.45) is 0.325. The Kier molecular flexibility index (Phi) is 4.66. The molecule has 2 unspecified atom stereocenters. The molecule has 0 radical (unpaired) electrons. The van der Waals surface area contributed by atoms with Gasteiger partial charge < -0.3 is 10.2 Å². The Morgan fingerprint density at radius 1 is 1.18 bits per heavy atom. The molecule has 0 aliphatic rings. The van der Waals surface area contributed by atoms with E-state index in [0.29, 0.717) is 12.0 Å². The van der Waals surface area contributed by atoms with Crippen LogP contribution in [0.15, 0.2) is 30.3 Å². The Morgan fingerprint density at radius 3 is 2.18 bits per heavy atom. The van der Waals surface area contributed by atoms with Crippen LogP contribution >= 0.6 is 0 Å². The van der Waals surface area contributed by atoms with Crippen LogP contribution in [-0.2, 0) is 9.59 Å². The lowest BCUT2D eigenvalue weighted by Crippen LogP contribution is -2.41. The van der Waals surface area contributed by atoms with Crippen LogP contribution in [0.2, 0.25) is 0 Å². The molecule has 0 heterocycles. The van der Waals surface area contributed by atoms with E-state index in [1.54, 1.807) is 37.3 Å². The second kappa shape index (κ2) is 6.00. The molecule has 0 saturated heterocycles. The summed E-state index contributed by atoms with van der Waals surface area (Å²) in [6.45, 7) is 1.69. The Balaban J connectivity index is 2.88. The third-order valence-corrected chi connectivity index (χ3v) is 2.45. The first kappa shape index (κ1) is 13.2. The standard InChI is InChI=1S/C12H15NO4/c1-2-9(11(14)15)13-10(12(16)17)8-6-4-3-5-7-8/h3-7,9-10,13H,2H2,1H3,(H,14,15)(H,16,17). The molecule has 17 heavy (non-hydrogen) atoms. The van der Waals surface area contributed by atoms with E-state index in [1.165, 1.54) is 0 Å². The van der Waals surface area contributed by atoms with Crippen molar-refractivity contribution in [2.45, 2.75) is 25.4 Å². The van der Waals surface area contributed by atoms with Crippen molar-refractivity contribution in [3.05, 3.63) is 35.9 Å². The zero-order valence-corrected chi connectivity index (χ0v) is 9.46. The van der Waals surface area contributed by atoms with Crippen LogP contribution in [0.5, 0.6) is 0 Å². The summed E-state index contributed by atoms with van der Waals surface area (Å²) in [4.78, 5) is 22.0. The molecule has 3 N–H and O–H groups in total. The predicted octanol–water partition coefficient (Wildman–Crippen LogP) is 1.27.